The summed E-state index contributed by atoms with van der Waals surface area (Å²) >= 11 is 0. The number of hydrogen-bond donors (Lipinski definition) is 0. The Morgan fingerprint density at radius 2 is 1.25 bits per heavy atom. The van der Waals surface area contributed by atoms with E-state index >= 15 is 0 Å². The number of rotatable bonds is 0. The third-order valence-corrected chi connectivity index (χ3v) is 0. The molecule has 1 atom stereocenters. The van der Waals surface area contributed by atoms with E-state index in [4.69, 9.17) is 0 Å². The van der Waals surface area contributed by atoms with Crippen LogP contribution in [0.15, 0.2) is 0 Å². The summed E-state index contributed by atoms with van der Waals surface area (Å²) in [7, 11) is 4.33. The quantitative estimate of drug-likeness (QED) is 0.397. The van der Waals surface area contributed by atoms with Crippen molar-refractivity contribution in [3.63, 3.8) is 0 Å². The predicted molar refractivity (Wildman–Crippen MR) is 18.3 cm³/mol. The van der Waals surface area contributed by atoms with Gasteiger partial charge in [0.1, 0.15) is 7.57 Å². The second-order valence-corrected chi connectivity index (χ2v) is 0. The minimum absolute atomic E-state index is 0. The average molecular weight is 248 g/mol. The summed E-state index contributed by atoms with van der Waals surface area (Å²) in [5.41, 5.74) is 0. The van der Waals surface area contributed by atoms with E-state index in [0.717, 1.165) is 0 Å². The van der Waals surface area contributed by atoms with Gasteiger partial charge in [-0.1, -0.05) is 0 Å². The van der Waals surface area contributed by atoms with Crippen LogP contribution in [0.25, 0.3) is 0 Å². The van der Waals surface area contributed by atoms with E-state index in [1.54, 1.807) is 0 Å². The van der Waals surface area contributed by atoms with Gasteiger partial charge in [-0.15, -0.1) is 0 Å². The van der Waals surface area contributed by atoms with Crippen molar-refractivity contribution in [3.8, 4) is 0 Å². The van der Waals surface area contributed by atoms with Gasteiger partial charge < -0.3 is 0 Å². The fourth-order valence-electron chi connectivity index (χ4n) is 0. The molecule has 26 valence electrons. The Hall–Kier alpha value is 2.21. The molecule has 0 rings (SSSR count). The van der Waals surface area contributed by atoms with Gasteiger partial charge in [0.2, 0.25) is 0 Å². The fourth-order valence-corrected chi connectivity index (χ4v) is 0. The number of hydrogen-bond acceptors (Lipinski definition) is 0. The normalized spacial score (nSPS) is 1.25. The first kappa shape index (κ1) is 16.4. The summed E-state index contributed by atoms with van der Waals surface area (Å²) in [5.74, 6) is 0. The van der Waals surface area contributed by atoms with E-state index in [-0.39, 0.29) is 52.7 Å². The molecule has 4 heavy (non-hydrogen) atoms. The van der Waals surface area contributed by atoms with Crippen molar-refractivity contribution in [2.24, 2.45) is 0 Å². The Kier molecular flexibility index (Phi) is 77.3. The van der Waals surface area contributed by atoms with E-state index in [2.05, 4.69) is 9.12 Å². The van der Waals surface area contributed by atoms with Gasteiger partial charge in [-0.25, -0.2) is 0 Å². The smallest absolute Gasteiger partial charge is 0.126 e. The molecule has 0 N–H and O–H groups in total. The molecule has 0 spiro atoms. The van der Waals surface area contributed by atoms with Gasteiger partial charge in [-0.05, 0) is 0 Å². The zero-order chi connectivity index (χ0) is 2.00. The van der Waals surface area contributed by atoms with Gasteiger partial charge >= 0.3 is 0 Å². The molecule has 1 unspecified atom stereocenters. The van der Waals surface area contributed by atoms with Crippen molar-refractivity contribution in [2.75, 3.05) is 0 Å². The van der Waals surface area contributed by atoms with Crippen LogP contribution in [-0.4, -0.2) is 7.57 Å². The van der Waals surface area contributed by atoms with Gasteiger partial charge in [-0.2, -0.15) is 9.12 Å². The molecule has 0 bridgehead atoms. The van der Waals surface area contributed by atoms with E-state index in [1.807, 2.05) is 7.57 Å². The summed E-state index contributed by atoms with van der Waals surface area (Å²) in [4.78, 5) is 0. The maximum Gasteiger partial charge on any atom is 0.126 e. The van der Waals surface area contributed by atoms with Gasteiger partial charge in [-0.3, -0.25) is 0 Å². The Balaban J connectivity index is -0.00000000500. The molecule has 0 amide bonds. The van der Waals surface area contributed by atoms with Crippen LogP contribution in [0.4, 0.5) is 0 Å². The largest absolute Gasteiger partial charge is 0.179 e. The van der Waals surface area contributed by atoms with Gasteiger partial charge in [0.05, 0.1) is 0 Å². The van der Waals surface area contributed by atoms with Crippen LogP contribution < -0.4 is 0 Å². The van der Waals surface area contributed by atoms with E-state index in [1.165, 1.54) is 0 Å². The Bertz CT molecular complexity index is 8.00. The van der Waals surface area contributed by atoms with Crippen LogP contribution in [-0.2, 0) is 17.1 Å². The molecule has 0 aromatic heterocycles. The monoisotopic (exact) mass is 248 g/mol. The summed E-state index contributed by atoms with van der Waals surface area (Å²) in [6.07, 6.45) is 0. The molecular formula is H4BCuLaP. The van der Waals surface area contributed by atoms with Crippen LogP contribution in [0.3, 0.4) is 0 Å². The van der Waals surface area contributed by atoms with E-state index in [9.17, 15) is 0 Å². The summed E-state index contributed by atoms with van der Waals surface area (Å²) in [6.45, 7) is 0. The molecule has 0 aliphatic rings. The van der Waals surface area contributed by atoms with Crippen molar-refractivity contribution >= 4 is 16.7 Å². The SMILES string of the molecule is BP.[Cu].[La]. The van der Waals surface area contributed by atoms with Crippen molar-refractivity contribution < 1.29 is 52.7 Å². The molecule has 0 saturated carbocycles. The van der Waals surface area contributed by atoms with Crippen molar-refractivity contribution in [1.29, 1.82) is 0 Å². The standard InChI is InChI=1S/BH4P.Cu.La/c1-2;;/h1-2H2;;. The topological polar surface area (TPSA) is 0 Å². The van der Waals surface area contributed by atoms with Crippen LogP contribution in [0, 0.1) is 35.6 Å². The first-order valence-electron chi connectivity index (χ1n) is 0.577. The predicted octanol–water partition coefficient (Wildman–Crippen LogP) is -0.593. The zero-order valence-electron chi connectivity index (χ0n) is 2.46. The summed E-state index contributed by atoms with van der Waals surface area (Å²) in [6, 6.07) is 0. The molecule has 0 aromatic carbocycles. The molecular weight excluding hydrogens is 244 g/mol. The molecule has 0 aromatic rings. The second kappa shape index (κ2) is 18.9. The molecule has 0 heterocycles. The maximum absolute atomic E-state index is 2.42. The Labute approximate surface area is 68.5 Å². The maximum atomic E-state index is 2.42. The third-order valence-electron chi connectivity index (χ3n) is 0. The zero-order valence-corrected chi connectivity index (χ0v) is 8.18. The van der Waals surface area contributed by atoms with Crippen molar-refractivity contribution in [2.45, 2.75) is 0 Å². The minimum atomic E-state index is 0. The molecule has 0 aliphatic heterocycles. The summed E-state index contributed by atoms with van der Waals surface area (Å²) in [5, 5.41) is 0. The first-order valence-corrected chi connectivity index (χ1v) is 1.73. The summed E-state index contributed by atoms with van der Waals surface area (Å²) < 4.78 is 0. The third kappa shape index (κ3) is 8.88. The first-order chi connectivity index (χ1) is 1.00. The fraction of sp³-hybridized carbons (Fsp3) is 0. The van der Waals surface area contributed by atoms with E-state index < -0.39 is 0 Å². The van der Waals surface area contributed by atoms with Crippen LogP contribution in [0.1, 0.15) is 0 Å². The molecule has 0 fully saturated rings. The van der Waals surface area contributed by atoms with Gasteiger partial charge in [0.25, 0.3) is 0 Å². The second-order valence-electron chi connectivity index (χ2n) is 0. The molecule has 0 aliphatic carbocycles. The van der Waals surface area contributed by atoms with E-state index in [0.29, 0.717) is 0 Å². The Morgan fingerprint density at radius 3 is 1.25 bits per heavy atom. The Morgan fingerprint density at radius 1 is 1.25 bits per heavy atom. The van der Waals surface area contributed by atoms with Gasteiger partial charge in [0, 0.05) is 52.7 Å². The van der Waals surface area contributed by atoms with Crippen LogP contribution in [0.5, 0.6) is 0 Å². The molecule has 4 heteroatoms. The average Bonchev–Trinajstić information content (AvgIpc) is 1.00. The van der Waals surface area contributed by atoms with Crippen LogP contribution in [0.2, 0.25) is 0 Å². The van der Waals surface area contributed by atoms with Crippen molar-refractivity contribution in [3.05, 3.63) is 0 Å². The molecule has 2 radical (unpaired) electrons. The molecule has 0 saturated heterocycles. The van der Waals surface area contributed by atoms with Crippen molar-refractivity contribution in [1.82, 2.24) is 0 Å². The van der Waals surface area contributed by atoms with Gasteiger partial charge in [0.15, 0.2) is 0 Å². The molecule has 0 nitrogen and oxygen atoms in total. The minimum Gasteiger partial charge on any atom is -0.179 e. The van der Waals surface area contributed by atoms with Crippen LogP contribution >= 0.6 is 9.12 Å².